The van der Waals surface area contributed by atoms with Gasteiger partial charge in [0.05, 0.1) is 13.7 Å². The Morgan fingerprint density at radius 3 is 2.55 bits per heavy atom. The molecule has 0 unspecified atom stereocenters. The minimum absolute atomic E-state index is 0.0170. The molecule has 29 heavy (non-hydrogen) atoms. The van der Waals surface area contributed by atoms with Crippen LogP contribution in [-0.4, -0.2) is 53.5 Å². The summed E-state index contributed by atoms with van der Waals surface area (Å²) in [4.78, 5) is 21.4. The van der Waals surface area contributed by atoms with Crippen molar-refractivity contribution in [2.45, 2.75) is 12.0 Å². The van der Waals surface area contributed by atoms with Gasteiger partial charge in [0.15, 0.2) is 5.54 Å². The molecule has 12 heteroatoms. The smallest absolute Gasteiger partial charge is 0.360 e. The number of benzene rings is 1. The molecule has 6 N–H and O–H groups in total. The monoisotopic (exact) mass is 412 g/mol. The van der Waals surface area contributed by atoms with Crippen molar-refractivity contribution < 1.29 is 27.8 Å². The van der Waals surface area contributed by atoms with E-state index < -0.39 is 23.8 Å². The first-order chi connectivity index (χ1) is 13.7. The number of aromatic nitrogens is 2. The average Bonchev–Trinajstić information content (AvgIpc) is 2.70. The Hall–Kier alpha value is -3.41. The van der Waals surface area contributed by atoms with E-state index in [1.165, 1.54) is 31.6 Å². The van der Waals surface area contributed by atoms with Crippen LogP contribution in [-0.2, 0) is 5.54 Å². The van der Waals surface area contributed by atoms with Crippen molar-refractivity contribution in [3.8, 4) is 5.88 Å². The maximum atomic E-state index is 13.8. The average molecular weight is 412 g/mol. The molecule has 9 nitrogen and oxygen atoms in total. The molecule has 0 bridgehead atoms. The van der Waals surface area contributed by atoms with Gasteiger partial charge in [-0.2, -0.15) is 0 Å². The Kier molecular flexibility index (Phi) is 6.93. The van der Waals surface area contributed by atoms with Crippen molar-refractivity contribution in [2.75, 3.05) is 25.9 Å². The maximum Gasteiger partial charge on any atom is 0.360 e. The van der Waals surface area contributed by atoms with Crippen molar-refractivity contribution in [1.29, 1.82) is 0 Å². The number of alkyl halides is 2. The molecule has 1 aliphatic rings. The Bertz CT molecular complexity index is 912. The molecule has 156 valence electrons. The number of anilines is 1. The van der Waals surface area contributed by atoms with Gasteiger partial charge >= 0.3 is 5.97 Å². The van der Waals surface area contributed by atoms with E-state index in [4.69, 9.17) is 16.6 Å². The molecule has 1 aliphatic heterocycles. The second-order valence-corrected chi connectivity index (χ2v) is 5.89. The van der Waals surface area contributed by atoms with Crippen LogP contribution in [0.2, 0.25) is 0 Å². The number of nitrogens with one attached hydrogen (secondary N) is 1. The molecule has 2 aromatic rings. The lowest BCUT2D eigenvalue weighted by Gasteiger charge is -2.33. The Balaban J connectivity index is 0.000000234. The SMILES string of the molecule is COc1nccnc1C(=O)O.NC1=N[C@@](c2cc(N)ccc2F)(C(F)F)CNC1. The Morgan fingerprint density at radius 2 is 2.00 bits per heavy atom. The number of carboxylic acid groups (broad SMARTS) is 1. The molecule has 0 amide bonds. The van der Waals surface area contributed by atoms with E-state index in [9.17, 15) is 18.0 Å². The number of nitrogens with two attached hydrogens (primary N) is 2. The van der Waals surface area contributed by atoms with Crippen LogP contribution in [0, 0.1) is 5.82 Å². The molecule has 0 saturated heterocycles. The summed E-state index contributed by atoms with van der Waals surface area (Å²) in [6.45, 7) is 0.0180. The van der Waals surface area contributed by atoms with Crippen molar-refractivity contribution in [2.24, 2.45) is 10.7 Å². The number of carboxylic acids is 1. The maximum absolute atomic E-state index is 13.8. The van der Waals surface area contributed by atoms with Crippen LogP contribution in [0.1, 0.15) is 16.1 Å². The number of hydrogen-bond donors (Lipinski definition) is 4. The van der Waals surface area contributed by atoms with Gasteiger partial charge in [0.25, 0.3) is 6.43 Å². The molecule has 0 radical (unpaired) electrons. The van der Waals surface area contributed by atoms with E-state index in [0.717, 1.165) is 6.07 Å². The van der Waals surface area contributed by atoms with Gasteiger partial charge in [-0.1, -0.05) is 0 Å². The number of carbonyl (C=O) groups is 1. The molecule has 0 spiro atoms. The molecular formula is C17H19F3N6O3. The van der Waals surface area contributed by atoms with Crippen LogP contribution in [0.5, 0.6) is 5.88 Å². The quantitative estimate of drug-likeness (QED) is 0.544. The van der Waals surface area contributed by atoms with Crippen molar-refractivity contribution >= 4 is 17.5 Å². The molecule has 1 aromatic heterocycles. The third-order valence-corrected chi connectivity index (χ3v) is 3.92. The summed E-state index contributed by atoms with van der Waals surface area (Å²) in [6.07, 6.45) is -0.225. The van der Waals surface area contributed by atoms with Crippen LogP contribution >= 0.6 is 0 Å². The third kappa shape index (κ3) is 4.90. The number of amidine groups is 1. The minimum Gasteiger partial charge on any atom is -0.479 e. The predicted molar refractivity (Wildman–Crippen MR) is 98.5 cm³/mol. The van der Waals surface area contributed by atoms with Gasteiger partial charge in [-0.15, -0.1) is 0 Å². The molecule has 1 atom stereocenters. The van der Waals surface area contributed by atoms with Crippen molar-refractivity contribution in [1.82, 2.24) is 15.3 Å². The normalized spacial score (nSPS) is 18.4. The molecule has 1 aromatic carbocycles. The van der Waals surface area contributed by atoms with Gasteiger partial charge in [-0.3, -0.25) is 4.99 Å². The van der Waals surface area contributed by atoms with Gasteiger partial charge in [0.1, 0.15) is 11.7 Å². The second kappa shape index (κ2) is 9.19. The van der Waals surface area contributed by atoms with Crippen LogP contribution in [0.25, 0.3) is 0 Å². The van der Waals surface area contributed by atoms with Crippen LogP contribution < -0.4 is 21.5 Å². The zero-order chi connectivity index (χ0) is 21.6. The summed E-state index contributed by atoms with van der Waals surface area (Å²) >= 11 is 0. The Morgan fingerprint density at radius 1 is 1.31 bits per heavy atom. The molecule has 2 heterocycles. The highest BCUT2D eigenvalue weighted by molar-refractivity contribution is 5.87. The van der Waals surface area contributed by atoms with Gasteiger partial charge in [0.2, 0.25) is 11.6 Å². The van der Waals surface area contributed by atoms with E-state index in [1.807, 2.05) is 0 Å². The van der Waals surface area contributed by atoms with E-state index >= 15 is 0 Å². The van der Waals surface area contributed by atoms with E-state index in [0.29, 0.717) is 0 Å². The summed E-state index contributed by atoms with van der Waals surface area (Å²) < 4.78 is 45.1. The third-order valence-electron chi connectivity index (χ3n) is 3.92. The molecule has 3 rings (SSSR count). The highest BCUT2D eigenvalue weighted by atomic mass is 19.3. The summed E-state index contributed by atoms with van der Waals surface area (Å²) in [5.74, 6) is -1.87. The van der Waals surface area contributed by atoms with Crippen molar-refractivity contribution in [3.05, 3.63) is 47.7 Å². The number of halogens is 3. The number of nitrogens with zero attached hydrogens (tertiary/aromatic N) is 3. The lowest BCUT2D eigenvalue weighted by molar-refractivity contribution is 0.0491. The fraction of sp³-hybridized carbons (Fsp3) is 0.294. The minimum atomic E-state index is -2.89. The summed E-state index contributed by atoms with van der Waals surface area (Å²) in [6, 6.07) is 3.53. The summed E-state index contributed by atoms with van der Waals surface area (Å²) in [7, 11) is 1.34. The van der Waals surface area contributed by atoms with Crippen LogP contribution in [0.15, 0.2) is 35.6 Å². The second-order valence-electron chi connectivity index (χ2n) is 5.89. The molecule has 0 saturated carbocycles. The first-order valence-electron chi connectivity index (χ1n) is 8.18. The lowest BCUT2D eigenvalue weighted by Crippen LogP contribution is -2.51. The van der Waals surface area contributed by atoms with Gasteiger partial charge in [-0.05, 0) is 18.2 Å². The van der Waals surface area contributed by atoms with E-state index in [-0.39, 0.29) is 41.7 Å². The number of aliphatic imine (C=N–C) groups is 1. The molecule has 0 aliphatic carbocycles. The van der Waals surface area contributed by atoms with Crippen molar-refractivity contribution in [3.63, 3.8) is 0 Å². The van der Waals surface area contributed by atoms with Gasteiger partial charge in [-0.25, -0.2) is 27.9 Å². The summed E-state index contributed by atoms with van der Waals surface area (Å²) in [5, 5.41) is 11.2. The fourth-order valence-electron chi connectivity index (χ4n) is 2.61. The van der Waals surface area contributed by atoms with Gasteiger partial charge < -0.3 is 26.6 Å². The zero-order valence-corrected chi connectivity index (χ0v) is 15.3. The number of aromatic carboxylic acids is 1. The largest absolute Gasteiger partial charge is 0.479 e. The number of methoxy groups -OCH3 is 1. The van der Waals surface area contributed by atoms with E-state index in [1.54, 1.807) is 0 Å². The highest BCUT2D eigenvalue weighted by Gasteiger charge is 2.45. The molecule has 0 fully saturated rings. The fourth-order valence-corrected chi connectivity index (χ4v) is 2.61. The number of rotatable bonds is 4. The zero-order valence-electron chi connectivity index (χ0n) is 15.3. The number of nitrogen functional groups attached to an aromatic ring is 1. The Labute approximate surface area is 163 Å². The lowest BCUT2D eigenvalue weighted by atomic mass is 9.88. The van der Waals surface area contributed by atoms with E-state index in [2.05, 4.69) is 25.0 Å². The standard InChI is InChI=1S/C11H13F3N4.C6H6N2O3/c12-8-2-1-6(15)3-7(8)11(10(13)14)5-17-4-9(16)18-11;1-11-5-4(6(9)10)7-2-3-8-5/h1-3,10,17H,4-5,15H2,(H2,16,18);2-3H,1H3,(H,9,10)/t11-;/m0./s1. The van der Waals surface area contributed by atoms with Crippen LogP contribution in [0.4, 0.5) is 18.9 Å². The number of ether oxygens (including phenoxy) is 1. The molecular weight excluding hydrogens is 393 g/mol. The van der Waals surface area contributed by atoms with Crippen LogP contribution in [0.3, 0.4) is 0 Å². The number of hydrogen-bond acceptors (Lipinski definition) is 8. The first kappa shape index (κ1) is 21.9. The summed E-state index contributed by atoms with van der Waals surface area (Å²) in [5.41, 5.74) is 8.76. The topological polar surface area (TPSA) is 149 Å². The first-order valence-corrected chi connectivity index (χ1v) is 8.18. The highest BCUT2D eigenvalue weighted by Crippen LogP contribution is 2.36. The predicted octanol–water partition coefficient (Wildman–Crippen LogP) is 1.01. The van der Waals surface area contributed by atoms with Gasteiger partial charge in [0, 0.05) is 30.2 Å².